The molecule has 1 aliphatic rings. The first-order valence-corrected chi connectivity index (χ1v) is 3.12. The molecule has 0 N–H and O–H groups in total. The first-order chi connectivity index (χ1) is 4.33. The smallest absolute Gasteiger partial charge is 0.147 e. The Bertz CT molecular complexity index is 87.1. The van der Waals surface area contributed by atoms with E-state index in [0.29, 0.717) is 6.42 Å². The van der Waals surface area contributed by atoms with Gasteiger partial charge in [-0.3, -0.25) is 0 Å². The summed E-state index contributed by atoms with van der Waals surface area (Å²) in [6, 6.07) is 0. The van der Waals surface area contributed by atoms with Crippen molar-refractivity contribution >= 4 is 0 Å². The van der Waals surface area contributed by atoms with E-state index in [0.717, 1.165) is 0 Å². The van der Waals surface area contributed by atoms with Crippen molar-refractivity contribution in [3.05, 3.63) is 0 Å². The number of halogens is 1. The fourth-order valence-electron chi connectivity index (χ4n) is 0.865. The second kappa shape index (κ2) is 3.13. The lowest BCUT2D eigenvalue weighted by atomic mass is 10.2. The van der Waals surface area contributed by atoms with Crippen molar-refractivity contribution in [2.45, 2.75) is 25.6 Å². The molecule has 1 fully saturated rings. The maximum atomic E-state index is 11.9. The highest BCUT2D eigenvalue weighted by Gasteiger charge is 2.18. The Morgan fingerprint density at radius 3 is 2.78 bits per heavy atom. The maximum absolute atomic E-state index is 11.9. The van der Waals surface area contributed by atoms with Crippen LogP contribution in [0.5, 0.6) is 0 Å². The lowest BCUT2D eigenvalue weighted by Crippen LogP contribution is -2.30. The van der Waals surface area contributed by atoms with Gasteiger partial charge in [-0.25, -0.2) is 4.39 Å². The van der Waals surface area contributed by atoms with Gasteiger partial charge in [0.05, 0.1) is 12.2 Å². The van der Waals surface area contributed by atoms with E-state index in [1.165, 1.54) is 0 Å². The minimum absolute atomic E-state index is 0.152. The molecule has 0 amide bonds. The molecule has 3 heteroatoms. The van der Waals surface area contributed by atoms with Crippen molar-refractivity contribution in [2.75, 3.05) is 13.5 Å². The lowest BCUT2D eigenvalue weighted by molar-refractivity contribution is -0.173. The Morgan fingerprint density at radius 2 is 2.33 bits per heavy atom. The van der Waals surface area contributed by atoms with Crippen LogP contribution in [-0.4, -0.2) is 25.7 Å². The molecule has 0 radical (unpaired) electrons. The Balaban J connectivity index is 2.23. The molecule has 0 aliphatic carbocycles. The minimum atomic E-state index is -0.395. The summed E-state index contributed by atoms with van der Waals surface area (Å²) in [5, 5.41) is 0. The van der Waals surface area contributed by atoms with Crippen molar-refractivity contribution in [2.24, 2.45) is 0 Å². The molecule has 54 valence electrons. The van der Waals surface area contributed by atoms with Crippen LogP contribution in [0.4, 0.5) is 4.39 Å². The largest absolute Gasteiger partial charge is 0.352 e. The normalized spacial score (nSPS) is 36.7. The maximum Gasteiger partial charge on any atom is 0.147 e. The average Bonchev–Trinajstić information content (AvgIpc) is 1.88. The summed E-state index contributed by atoms with van der Waals surface area (Å²) < 4.78 is 21.8. The van der Waals surface area contributed by atoms with Crippen LogP contribution in [-0.2, 0) is 9.47 Å². The molecule has 2 atom stereocenters. The Hall–Kier alpha value is -0.150. The van der Waals surface area contributed by atoms with E-state index in [4.69, 9.17) is 9.47 Å². The second-order valence-electron chi connectivity index (χ2n) is 2.27. The van der Waals surface area contributed by atoms with Gasteiger partial charge in [-0.2, -0.15) is 0 Å². The van der Waals surface area contributed by atoms with Gasteiger partial charge in [0.1, 0.15) is 13.5 Å². The molecule has 0 bridgehead atoms. The molecule has 0 aromatic rings. The van der Waals surface area contributed by atoms with Gasteiger partial charge >= 0.3 is 0 Å². The highest BCUT2D eigenvalue weighted by Crippen LogP contribution is 2.12. The van der Waals surface area contributed by atoms with E-state index >= 15 is 0 Å². The standard InChI is InChI=1S/C6H11FO2/c1-5-2-6(3-7)9-4-8-5/h5-6H,2-4H2,1H3/t5-,6-/m0/s1. The predicted octanol–water partition coefficient (Wildman–Crippen LogP) is 1.11. The summed E-state index contributed by atoms with van der Waals surface area (Å²) in [4.78, 5) is 0. The SMILES string of the molecule is C[C@H]1C[C@@H](CF)OCO1. The molecular weight excluding hydrogens is 123 g/mol. The lowest BCUT2D eigenvalue weighted by Gasteiger charge is -2.25. The van der Waals surface area contributed by atoms with Crippen LogP contribution in [0.15, 0.2) is 0 Å². The summed E-state index contributed by atoms with van der Waals surface area (Å²) in [6.07, 6.45) is 0.601. The van der Waals surface area contributed by atoms with Gasteiger partial charge in [0, 0.05) is 6.42 Å². The molecule has 2 nitrogen and oxygen atoms in total. The van der Waals surface area contributed by atoms with Gasteiger partial charge in [-0.15, -0.1) is 0 Å². The molecule has 1 aliphatic heterocycles. The molecule has 0 spiro atoms. The van der Waals surface area contributed by atoms with Gasteiger partial charge in [-0.1, -0.05) is 0 Å². The van der Waals surface area contributed by atoms with Gasteiger partial charge < -0.3 is 9.47 Å². The van der Waals surface area contributed by atoms with E-state index in [2.05, 4.69) is 0 Å². The zero-order chi connectivity index (χ0) is 6.69. The third-order valence-electron chi connectivity index (χ3n) is 1.42. The molecule has 0 aromatic carbocycles. The Morgan fingerprint density at radius 1 is 1.56 bits per heavy atom. The molecule has 0 saturated carbocycles. The summed E-state index contributed by atoms with van der Waals surface area (Å²) in [6.45, 7) is 1.77. The summed E-state index contributed by atoms with van der Waals surface area (Å²) >= 11 is 0. The number of alkyl halides is 1. The van der Waals surface area contributed by atoms with Crippen molar-refractivity contribution in [1.82, 2.24) is 0 Å². The number of hydrogen-bond donors (Lipinski definition) is 0. The monoisotopic (exact) mass is 134 g/mol. The van der Waals surface area contributed by atoms with Crippen LogP contribution in [0.25, 0.3) is 0 Å². The van der Waals surface area contributed by atoms with Crippen LogP contribution in [0.3, 0.4) is 0 Å². The quantitative estimate of drug-likeness (QED) is 0.534. The predicted molar refractivity (Wildman–Crippen MR) is 30.9 cm³/mol. The van der Waals surface area contributed by atoms with Crippen LogP contribution < -0.4 is 0 Å². The number of hydrogen-bond acceptors (Lipinski definition) is 2. The first-order valence-electron chi connectivity index (χ1n) is 3.12. The summed E-state index contributed by atoms with van der Waals surface area (Å²) in [5.74, 6) is 0. The topological polar surface area (TPSA) is 18.5 Å². The van der Waals surface area contributed by atoms with Gasteiger partial charge in [0.25, 0.3) is 0 Å². The van der Waals surface area contributed by atoms with Gasteiger partial charge in [0.2, 0.25) is 0 Å². The first kappa shape index (κ1) is 6.96. The minimum Gasteiger partial charge on any atom is -0.352 e. The fraction of sp³-hybridized carbons (Fsp3) is 1.00. The second-order valence-corrected chi connectivity index (χ2v) is 2.27. The van der Waals surface area contributed by atoms with Crippen LogP contribution in [0.2, 0.25) is 0 Å². The van der Waals surface area contributed by atoms with Crippen LogP contribution >= 0.6 is 0 Å². The van der Waals surface area contributed by atoms with Crippen molar-refractivity contribution in [3.8, 4) is 0 Å². The molecule has 1 rings (SSSR count). The molecular formula is C6H11FO2. The molecule has 0 unspecified atom stereocenters. The third kappa shape index (κ3) is 1.91. The zero-order valence-electron chi connectivity index (χ0n) is 5.47. The van der Waals surface area contributed by atoms with Crippen molar-refractivity contribution < 1.29 is 13.9 Å². The molecule has 9 heavy (non-hydrogen) atoms. The van der Waals surface area contributed by atoms with Gasteiger partial charge in [0.15, 0.2) is 0 Å². The summed E-state index contributed by atoms with van der Waals surface area (Å²) in [5.41, 5.74) is 0. The van der Waals surface area contributed by atoms with E-state index in [1.54, 1.807) is 0 Å². The van der Waals surface area contributed by atoms with Crippen LogP contribution in [0, 0.1) is 0 Å². The van der Waals surface area contributed by atoms with Gasteiger partial charge in [-0.05, 0) is 6.92 Å². The van der Waals surface area contributed by atoms with E-state index in [9.17, 15) is 4.39 Å². The van der Waals surface area contributed by atoms with Crippen molar-refractivity contribution in [3.63, 3.8) is 0 Å². The zero-order valence-corrected chi connectivity index (χ0v) is 5.47. The van der Waals surface area contributed by atoms with E-state index in [1.807, 2.05) is 6.92 Å². The molecule has 0 aromatic heterocycles. The third-order valence-corrected chi connectivity index (χ3v) is 1.42. The number of ether oxygens (including phenoxy) is 2. The van der Waals surface area contributed by atoms with E-state index in [-0.39, 0.29) is 19.0 Å². The summed E-state index contributed by atoms with van der Waals surface area (Å²) in [7, 11) is 0. The average molecular weight is 134 g/mol. The molecule has 1 heterocycles. The Kier molecular flexibility index (Phi) is 2.42. The van der Waals surface area contributed by atoms with Crippen molar-refractivity contribution in [1.29, 1.82) is 0 Å². The van der Waals surface area contributed by atoms with E-state index < -0.39 is 6.67 Å². The fourth-order valence-corrected chi connectivity index (χ4v) is 0.865. The molecule has 1 saturated heterocycles. The highest BCUT2D eigenvalue weighted by molar-refractivity contribution is 4.63. The number of rotatable bonds is 1. The Labute approximate surface area is 54.0 Å². The highest BCUT2D eigenvalue weighted by atomic mass is 19.1. The van der Waals surface area contributed by atoms with Crippen LogP contribution in [0.1, 0.15) is 13.3 Å².